The van der Waals surface area contributed by atoms with Crippen molar-refractivity contribution in [2.75, 3.05) is 34.4 Å². The predicted octanol–water partition coefficient (Wildman–Crippen LogP) is 4.99. The molecule has 2 atom stereocenters. The third kappa shape index (κ3) is 3.66. The van der Waals surface area contributed by atoms with Crippen LogP contribution in [0.5, 0.6) is 11.5 Å². The molecule has 6 aliphatic rings. The third-order valence-electron chi connectivity index (χ3n) is 10.2. The molecule has 180 valence electrons. The summed E-state index contributed by atoms with van der Waals surface area (Å²) in [6.45, 7) is 2.24. The molecule has 1 aromatic carbocycles. The van der Waals surface area contributed by atoms with Gasteiger partial charge in [-0.3, -0.25) is 0 Å². The normalized spacial score (nSPS) is 40.8. The number of hydrogen-bond donors (Lipinski definition) is 1. The Morgan fingerprint density at radius 2 is 1.70 bits per heavy atom. The highest BCUT2D eigenvalue weighted by Gasteiger charge is 2.51. The van der Waals surface area contributed by atoms with Crippen molar-refractivity contribution >= 4 is 5.71 Å². The molecule has 0 radical (unpaired) electrons. The fourth-order valence-electron chi connectivity index (χ4n) is 9.01. The highest BCUT2D eigenvalue weighted by Crippen LogP contribution is 2.59. The van der Waals surface area contributed by atoms with Crippen molar-refractivity contribution < 1.29 is 9.47 Å². The number of likely N-dealkylation sites (tertiary alicyclic amines) is 1. The van der Waals surface area contributed by atoms with E-state index in [2.05, 4.69) is 35.6 Å². The molecule has 5 heteroatoms. The van der Waals surface area contributed by atoms with E-state index in [9.17, 15) is 0 Å². The molecule has 1 N–H and O–H groups in total. The quantitative estimate of drug-likeness (QED) is 0.619. The van der Waals surface area contributed by atoms with Gasteiger partial charge >= 0.3 is 0 Å². The number of hydrogen-bond acceptors (Lipinski definition) is 5. The van der Waals surface area contributed by atoms with Crippen LogP contribution in [0, 0.1) is 23.2 Å². The molecule has 1 heterocycles. The number of rotatable bonds is 6. The maximum absolute atomic E-state index is 5.64. The van der Waals surface area contributed by atoms with Crippen molar-refractivity contribution in [1.29, 1.82) is 0 Å². The second-order valence-electron chi connectivity index (χ2n) is 12.1. The summed E-state index contributed by atoms with van der Waals surface area (Å²) in [7, 11) is 5.74. The second-order valence-corrected chi connectivity index (χ2v) is 12.1. The summed E-state index contributed by atoms with van der Waals surface area (Å²) in [5.74, 6) is 4.68. The van der Waals surface area contributed by atoms with Gasteiger partial charge in [-0.2, -0.15) is 5.10 Å². The highest BCUT2D eigenvalue weighted by molar-refractivity contribution is 5.86. The summed E-state index contributed by atoms with van der Waals surface area (Å²) >= 11 is 0. The standard InChI is InChI=1S/C28H41N3O2/c1-31-9-8-28(22-4-5-24(32-2)25(13-22)33-3)7-6-23(14-26(28)31)30-29-18-27-15-19-10-20(16-27)12-21(11-19)17-27/h4-5,13,19-21,26,29H,6-12,14-18H2,1-3H3/b30-23-/t19?,20?,21?,26-,27?,28-/m0/s1. The van der Waals surface area contributed by atoms with E-state index in [1.807, 2.05) is 0 Å². The first kappa shape index (κ1) is 21.8. The Hall–Kier alpha value is -1.75. The van der Waals surface area contributed by atoms with Gasteiger partial charge in [-0.05, 0) is 112 Å². The van der Waals surface area contributed by atoms with Crippen LogP contribution in [-0.4, -0.2) is 51.0 Å². The molecule has 5 nitrogen and oxygen atoms in total. The molecule has 1 saturated heterocycles. The van der Waals surface area contributed by atoms with Gasteiger partial charge in [-0.25, -0.2) is 0 Å². The van der Waals surface area contributed by atoms with Gasteiger partial charge < -0.3 is 19.8 Å². The van der Waals surface area contributed by atoms with E-state index < -0.39 is 0 Å². The fraction of sp³-hybridized carbons (Fsp3) is 0.750. The lowest BCUT2D eigenvalue weighted by molar-refractivity contribution is -0.0511. The topological polar surface area (TPSA) is 46.1 Å². The average Bonchev–Trinajstić information content (AvgIpc) is 3.14. The number of likely N-dealkylation sites (N-methyl/N-ethyl adjacent to an activating group) is 1. The Morgan fingerprint density at radius 1 is 1.00 bits per heavy atom. The van der Waals surface area contributed by atoms with Gasteiger partial charge in [0.2, 0.25) is 0 Å². The summed E-state index contributed by atoms with van der Waals surface area (Å²) in [5, 5.41) is 5.04. The average molecular weight is 452 g/mol. The maximum Gasteiger partial charge on any atom is 0.161 e. The monoisotopic (exact) mass is 451 g/mol. The van der Waals surface area contributed by atoms with Crippen LogP contribution in [-0.2, 0) is 5.41 Å². The fourth-order valence-corrected chi connectivity index (χ4v) is 9.01. The molecule has 1 aromatic rings. The first-order valence-electron chi connectivity index (χ1n) is 13.2. The lowest BCUT2D eigenvalue weighted by Crippen LogP contribution is -2.50. The lowest BCUT2D eigenvalue weighted by atomic mass is 9.49. The van der Waals surface area contributed by atoms with E-state index in [0.717, 1.165) is 61.6 Å². The van der Waals surface area contributed by atoms with Crippen molar-refractivity contribution in [2.24, 2.45) is 28.3 Å². The minimum Gasteiger partial charge on any atom is -0.493 e. The second kappa shape index (κ2) is 8.18. The Bertz CT molecular complexity index is 892. The summed E-state index contributed by atoms with van der Waals surface area (Å²) in [6.07, 6.45) is 13.4. The molecule has 5 aliphatic carbocycles. The van der Waals surface area contributed by atoms with Crippen LogP contribution in [0.1, 0.15) is 69.8 Å². The Morgan fingerprint density at radius 3 is 2.36 bits per heavy atom. The van der Waals surface area contributed by atoms with Crippen LogP contribution in [0.2, 0.25) is 0 Å². The van der Waals surface area contributed by atoms with Crippen LogP contribution in [0.3, 0.4) is 0 Å². The molecular formula is C28H41N3O2. The summed E-state index contributed by atoms with van der Waals surface area (Å²) < 4.78 is 11.1. The number of fused-ring (bicyclic) bond motifs is 1. The van der Waals surface area contributed by atoms with E-state index >= 15 is 0 Å². The van der Waals surface area contributed by atoms with Crippen molar-refractivity contribution in [3.63, 3.8) is 0 Å². The largest absolute Gasteiger partial charge is 0.493 e. The molecule has 5 saturated carbocycles. The first-order chi connectivity index (χ1) is 16.0. The molecule has 0 unspecified atom stereocenters. The zero-order valence-electron chi connectivity index (χ0n) is 20.7. The number of nitrogens with one attached hydrogen (secondary N) is 1. The van der Waals surface area contributed by atoms with E-state index in [0.29, 0.717) is 11.5 Å². The van der Waals surface area contributed by atoms with Gasteiger partial charge in [0.25, 0.3) is 0 Å². The lowest BCUT2D eigenvalue weighted by Gasteiger charge is -2.56. The molecule has 1 aliphatic heterocycles. The van der Waals surface area contributed by atoms with Crippen molar-refractivity contribution in [1.82, 2.24) is 10.3 Å². The minimum absolute atomic E-state index is 0.188. The molecule has 0 spiro atoms. The molecule has 33 heavy (non-hydrogen) atoms. The number of hydrazone groups is 1. The predicted molar refractivity (Wildman–Crippen MR) is 132 cm³/mol. The van der Waals surface area contributed by atoms with Crippen LogP contribution in [0.4, 0.5) is 0 Å². The zero-order chi connectivity index (χ0) is 22.6. The third-order valence-corrected chi connectivity index (χ3v) is 10.2. The van der Waals surface area contributed by atoms with E-state index in [1.54, 1.807) is 14.2 Å². The van der Waals surface area contributed by atoms with Crippen molar-refractivity contribution in [2.45, 2.75) is 75.7 Å². The minimum atomic E-state index is 0.188. The first-order valence-corrected chi connectivity index (χ1v) is 13.2. The molecule has 4 bridgehead atoms. The maximum atomic E-state index is 5.64. The van der Waals surface area contributed by atoms with Crippen LogP contribution >= 0.6 is 0 Å². The van der Waals surface area contributed by atoms with Gasteiger partial charge in [0, 0.05) is 30.1 Å². The van der Waals surface area contributed by atoms with Gasteiger partial charge in [0.05, 0.1) is 14.2 Å². The van der Waals surface area contributed by atoms with Crippen molar-refractivity contribution in [3.05, 3.63) is 23.8 Å². The Kier molecular flexibility index (Phi) is 5.39. The molecular weight excluding hydrogens is 410 g/mol. The molecule has 0 aromatic heterocycles. The molecule has 7 rings (SSSR count). The van der Waals surface area contributed by atoms with Gasteiger partial charge in [0.1, 0.15) is 0 Å². The van der Waals surface area contributed by atoms with Gasteiger partial charge in [-0.15, -0.1) is 0 Å². The zero-order valence-corrected chi connectivity index (χ0v) is 20.7. The van der Waals surface area contributed by atoms with Gasteiger partial charge in [-0.1, -0.05) is 6.07 Å². The Balaban J connectivity index is 1.16. The van der Waals surface area contributed by atoms with Crippen LogP contribution in [0.15, 0.2) is 23.3 Å². The number of nitrogens with zero attached hydrogens (tertiary/aromatic N) is 2. The van der Waals surface area contributed by atoms with Gasteiger partial charge in [0.15, 0.2) is 11.5 Å². The summed E-state index contributed by atoms with van der Waals surface area (Å²) in [5.41, 5.74) is 7.12. The SMILES string of the molecule is COc1ccc([C@@]23CC/C(=N/NCC45CC6CC(CC(C6)C4)C5)C[C@@H]2N(C)CC3)cc1OC. The Labute approximate surface area is 199 Å². The van der Waals surface area contributed by atoms with E-state index in [4.69, 9.17) is 14.6 Å². The molecule has 0 amide bonds. The summed E-state index contributed by atoms with van der Waals surface area (Å²) in [6, 6.07) is 7.07. The van der Waals surface area contributed by atoms with E-state index in [1.165, 1.54) is 56.2 Å². The van der Waals surface area contributed by atoms with Crippen molar-refractivity contribution in [3.8, 4) is 11.5 Å². The summed E-state index contributed by atoms with van der Waals surface area (Å²) in [4.78, 5) is 2.56. The number of benzene rings is 1. The number of ether oxygens (including phenoxy) is 2. The van der Waals surface area contributed by atoms with E-state index in [-0.39, 0.29) is 5.41 Å². The van der Waals surface area contributed by atoms with Crippen LogP contribution in [0.25, 0.3) is 0 Å². The highest BCUT2D eigenvalue weighted by atomic mass is 16.5. The van der Waals surface area contributed by atoms with Crippen LogP contribution < -0.4 is 14.9 Å². The molecule has 6 fully saturated rings. The number of methoxy groups -OCH3 is 2. The smallest absolute Gasteiger partial charge is 0.161 e.